The first-order valence-corrected chi connectivity index (χ1v) is 14.7. The summed E-state index contributed by atoms with van der Waals surface area (Å²) in [7, 11) is 2.22. The maximum Gasteiger partial charge on any atom is 0.227 e. The summed E-state index contributed by atoms with van der Waals surface area (Å²) in [6.07, 6.45) is 10.4. The van der Waals surface area contributed by atoms with Gasteiger partial charge in [-0.3, -0.25) is 4.90 Å². The maximum atomic E-state index is 6.45. The molecule has 0 spiro atoms. The molecule has 7 rings (SSSR count). The molecular formula is C32H37N9. The van der Waals surface area contributed by atoms with E-state index in [-0.39, 0.29) is 0 Å². The number of piperazine rings is 1. The first-order chi connectivity index (χ1) is 20.0. The molecule has 2 aliphatic rings. The lowest BCUT2D eigenvalue weighted by Crippen LogP contribution is -2.49. The molecule has 4 heterocycles. The van der Waals surface area contributed by atoms with Crippen molar-refractivity contribution in [2.75, 3.05) is 44.3 Å². The molecular weight excluding hydrogens is 510 g/mol. The lowest BCUT2D eigenvalue weighted by molar-refractivity contribution is 0.0828. The van der Waals surface area contributed by atoms with E-state index in [4.69, 9.17) is 15.7 Å². The maximum absolute atomic E-state index is 6.45. The molecule has 0 bridgehead atoms. The monoisotopic (exact) mass is 547 g/mol. The minimum Gasteiger partial charge on any atom is -0.383 e. The Balaban J connectivity index is 1.12. The highest BCUT2D eigenvalue weighted by Gasteiger charge is 2.30. The van der Waals surface area contributed by atoms with Gasteiger partial charge in [0.2, 0.25) is 5.95 Å². The van der Waals surface area contributed by atoms with Crippen molar-refractivity contribution in [2.45, 2.75) is 44.7 Å². The second-order valence-corrected chi connectivity index (χ2v) is 11.7. The largest absolute Gasteiger partial charge is 0.383 e. The van der Waals surface area contributed by atoms with Gasteiger partial charge in [-0.2, -0.15) is 0 Å². The molecule has 0 radical (unpaired) electrons. The molecule has 0 atom stereocenters. The molecule has 41 heavy (non-hydrogen) atoms. The fraction of sp³-hybridized carbons (Fsp3) is 0.375. The Bertz CT molecular complexity index is 1680. The highest BCUT2D eigenvalue weighted by Crippen LogP contribution is 2.39. The van der Waals surface area contributed by atoms with Crippen molar-refractivity contribution in [2.24, 2.45) is 0 Å². The van der Waals surface area contributed by atoms with Crippen LogP contribution in [0.25, 0.3) is 33.1 Å². The Morgan fingerprint density at radius 1 is 0.878 bits per heavy atom. The Labute approximate surface area is 240 Å². The van der Waals surface area contributed by atoms with Gasteiger partial charge in [0.1, 0.15) is 17.8 Å². The summed E-state index contributed by atoms with van der Waals surface area (Å²) in [6, 6.07) is 15.7. The number of fused-ring (bicyclic) bond motifs is 2. The minimum absolute atomic E-state index is 0.416. The molecule has 9 nitrogen and oxygen atoms in total. The smallest absolute Gasteiger partial charge is 0.227 e. The van der Waals surface area contributed by atoms with E-state index in [0.29, 0.717) is 23.8 Å². The second kappa shape index (κ2) is 10.7. The van der Waals surface area contributed by atoms with Crippen LogP contribution in [0, 0.1) is 6.92 Å². The number of nitrogens with two attached hydrogens (primary N) is 1. The van der Waals surface area contributed by atoms with Crippen LogP contribution in [0.5, 0.6) is 0 Å². The Hall–Kier alpha value is -4.08. The molecule has 1 saturated heterocycles. The van der Waals surface area contributed by atoms with Gasteiger partial charge < -0.3 is 20.5 Å². The van der Waals surface area contributed by atoms with Crippen LogP contribution < -0.4 is 11.1 Å². The van der Waals surface area contributed by atoms with Crippen molar-refractivity contribution < 1.29 is 0 Å². The standard InChI is InChI=1S/C32H37N9/c1-21-3-4-23-18-34-32(38-28(23)17-21)37-24-7-5-22(6-8-24)27-19-41(31-29(27)30(33)35-20-36-31)26-11-9-25(10-12-26)40-15-13-39(2)14-16-40/h3-8,17-20,25-26H,9-16H2,1-2H3,(H2,33,35,36)(H,34,37,38)/t25-,26-. The van der Waals surface area contributed by atoms with Gasteiger partial charge in [0, 0.05) is 67.3 Å². The molecule has 2 fully saturated rings. The molecule has 1 aliphatic heterocycles. The Kier molecular flexibility index (Phi) is 6.76. The molecule has 1 aliphatic carbocycles. The van der Waals surface area contributed by atoms with Crippen LogP contribution in [-0.4, -0.2) is 73.6 Å². The normalized spacial score (nSPS) is 20.5. The summed E-state index contributed by atoms with van der Waals surface area (Å²) < 4.78 is 2.36. The van der Waals surface area contributed by atoms with Gasteiger partial charge >= 0.3 is 0 Å². The molecule has 3 aromatic heterocycles. The predicted octanol–water partition coefficient (Wildman–Crippen LogP) is 5.41. The molecule has 9 heteroatoms. The van der Waals surface area contributed by atoms with Crippen molar-refractivity contribution in [1.82, 2.24) is 34.3 Å². The molecule has 5 aromatic rings. The van der Waals surface area contributed by atoms with Crippen molar-refractivity contribution in [1.29, 1.82) is 0 Å². The number of nitrogens with one attached hydrogen (secondary N) is 1. The van der Waals surface area contributed by atoms with Crippen LogP contribution in [0.15, 0.2) is 61.2 Å². The average molecular weight is 548 g/mol. The fourth-order valence-electron chi connectivity index (χ4n) is 6.55. The van der Waals surface area contributed by atoms with Crippen LogP contribution >= 0.6 is 0 Å². The molecule has 2 aromatic carbocycles. The van der Waals surface area contributed by atoms with Crippen LogP contribution in [0.1, 0.15) is 37.3 Å². The summed E-state index contributed by atoms with van der Waals surface area (Å²) in [5, 5.41) is 5.31. The van der Waals surface area contributed by atoms with E-state index in [9.17, 15) is 0 Å². The van der Waals surface area contributed by atoms with E-state index in [1.165, 1.54) is 44.6 Å². The number of likely N-dealkylation sites (N-methyl/N-ethyl adjacent to an activating group) is 1. The number of aryl methyl sites for hydroxylation is 1. The van der Waals surface area contributed by atoms with Crippen LogP contribution in [-0.2, 0) is 0 Å². The van der Waals surface area contributed by atoms with Gasteiger partial charge in [0.15, 0.2) is 0 Å². The summed E-state index contributed by atoms with van der Waals surface area (Å²) in [4.78, 5) is 23.4. The number of nitrogen functional groups attached to an aromatic ring is 1. The van der Waals surface area contributed by atoms with E-state index >= 15 is 0 Å². The average Bonchev–Trinajstić information content (AvgIpc) is 3.39. The number of rotatable bonds is 5. The number of aromatic nitrogens is 5. The van der Waals surface area contributed by atoms with Gasteiger partial charge in [-0.15, -0.1) is 0 Å². The Morgan fingerprint density at radius 2 is 1.63 bits per heavy atom. The van der Waals surface area contributed by atoms with Crippen LogP contribution in [0.2, 0.25) is 0 Å². The quantitative estimate of drug-likeness (QED) is 0.301. The topological polar surface area (TPSA) is 101 Å². The van der Waals surface area contributed by atoms with Gasteiger partial charge in [0.05, 0.1) is 10.9 Å². The van der Waals surface area contributed by atoms with Crippen molar-refractivity contribution in [3.8, 4) is 11.1 Å². The number of anilines is 3. The van der Waals surface area contributed by atoms with Gasteiger partial charge in [0.25, 0.3) is 0 Å². The third-order valence-electron chi connectivity index (χ3n) is 8.94. The van der Waals surface area contributed by atoms with E-state index in [1.54, 1.807) is 6.33 Å². The van der Waals surface area contributed by atoms with E-state index in [1.807, 2.05) is 12.3 Å². The zero-order valence-electron chi connectivity index (χ0n) is 23.8. The predicted molar refractivity (Wildman–Crippen MR) is 165 cm³/mol. The van der Waals surface area contributed by atoms with E-state index in [2.05, 4.69) is 86.2 Å². The number of hydrogen-bond acceptors (Lipinski definition) is 8. The summed E-state index contributed by atoms with van der Waals surface area (Å²) in [5.41, 5.74) is 12.6. The first-order valence-electron chi connectivity index (χ1n) is 14.7. The molecule has 3 N–H and O–H groups in total. The number of nitrogens with zero attached hydrogens (tertiary/aromatic N) is 7. The van der Waals surface area contributed by atoms with Crippen molar-refractivity contribution >= 4 is 39.4 Å². The molecule has 0 amide bonds. The minimum atomic E-state index is 0.416. The molecule has 0 unspecified atom stereocenters. The van der Waals surface area contributed by atoms with Crippen molar-refractivity contribution in [3.63, 3.8) is 0 Å². The van der Waals surface area contributed by atoms with Gasteiger partial charge in [-0.25, -0.2) is 19.9 Å². The summed E-state index contributed by atoms with van der Waals surface area (Å²) in [6.45, 7) is 6.78. The van der Waals surface area contributed by atoms with Crippen molar-refractivity contribution in [3.05, 3.63) is 66.7 Å². The summed E-state index contributed by atoms with van der Waals surface area (Å²) in [5.74, 6) is 1.11. The summed E-state index contributed by atoms with van der Waals surface area (Å²) >= 11 is 0. The zero-order valence-corrected chi connectivity index (χ0v) is 23.8. The lowest BCUT2D eigenvalue weighted by Gasteiger charge is -2.41. The van der Waals surface area contributed by atoms with Crippen LogP contribution in [0.3, 0.4) is 0 Å². The number of benzene rings is 2. The highest BCUT2D eigenvalue weighted by molar-refractivity contribution is 6.00. The lowest BCUT2D eigenvalue weighted by atomic mass is 9.89. The van der Waals surface area contributed by atoms with E-state index < -0.39 is 0 Å². The third kappa shape index (κ3) is 5.11. The van der Waals surface area contributed by atoms with Crippen LogP contribution in [0.4, 0.5) is 17.5 Å². The number of hydrogen-bond donors (Lipinski definition) is 2. The van der Waals surface area contributed by atoms with E-state index in [0.717, 1.165) is 51.6 Å². The van der Waals surface area contributed by atoms with Gasteiger partial charge in [-0.1, -0.05) is 24.3 Å². The molecule has 1 saturated carbocycles. The Morgan fingerprint density at radius 3 is 2.41 bits per heavy atom. The third-order valence-corrected chi connectivity index (χ3v) is 8.94. The zero-order chi connectivity index (χ0) is 27.9. The fourth-order valence-corrected chi connectivity index (χ4v) is 6.55. The molecule has 210 valence electrons. The van der Waals surface area contributed by atoms with Gasteiger partial charge in [-0.05, 0) is 69.0 Å². The SMILES string of the molecule is Cc1ccc2cnc(Nc3ccc(-c4cn([C@H]5CC[C@H](N6CCN(C)CC6)CC5)c5ncnc(N)c45)cc3)nc2c1. The highest BCUT2D eigenvalue weighted by atomic mass is 15.3. The first kappa shape index (κ1) is 25.9. The second-order valence-electron chi connectivity index (χ2n) is 11.7.